The Balaban J connectivity index is 1.86. The second-order valence-electron chi connectivity index (χ2n) is 7.13. The molecule has 0 amide bonds. The van der Waals surface area contributed by atoms with Crippen LogP contribution in [0.15, 0.2) is 4.99 Å². The molecule has 0 unspecified atom stereocenters. The van der Waals surface area contributed by atoms with E-state index >= 15 is 0 Å². The van der Waals surface area contributed by atoms with E-state index in [-0.39, 0.29) is 5.54 Å². The second kappa shape index (κ2) is 10.2. The molecular weight excluding hydrogens is 302 g/mol. The molecule has 0 bridgehead atoms. The van der Waals surface area contributed by atoms with Crippen molar-refractivity contribution < 1.29 is 4.74 Å². The van der Waals surface area contributed by atoms with Crippen molar-refractivity contribution in [3.05, 3.63) is 0 Å². The lowest BCUT2D eigenvalue weighted by Crippen LogP contribution is -2.60. The molecule has 1 aliphatic carbocycles. The van der Waals surface area contributed by atoms with E-state index in [0.29, 0.717) is 0 Å². The summed E-state index contributed by atoms with van der Waals surface area (Å²) in [6.07, 6.45) is 6.63. The topological polar surface area (TPSA) is 52.1 Å². The minimum absolute atomic E-state index is 0.278. The van der Waals surface area contributed by atoms with E-state index in [2.05, 4.69) is 39.4 Å². The molecular formula is C18H37N5O. The zero-order valence-corrected chi connectivity index (χ0v) is 15.9. The molecule has 2 fully saturated rings. The summed E-state index contributed by atoms with van der Waals surface area (Å²) in [6, 6.07) is 0. The van der Waals surface area contributed by atoms with Gasteiger partial charge in [-0.3, -0.25) is 9.89 Å². The number of nitrogens with zero attached hydrogens (tertiary/aromatic N) is 3. The lowest BCUT2D eigenvalue weighted by molar-refractivity contribution is -0.0352. The van der Waals surface area contributed by atoms with E-state index in [1.165, 1.54) is 32.1 Å². The molecule has 0 spiro atoms. The Bertz CT molecular complexity index is 376. The Morgan fingerprint density at radius 3 is 2.50 bits per heavy atom. The lowest BCUT2D eigenvalue weighted by atomic mass is 9.80. The van der Waals surface area contributed by atoms with E-state index in [1.807, 2.05) is 7.05 Å². The van der Waals surface area contributed by atoms with Crippen molar-refractivity contribution in [3.8, 4) is 0 Å². The smallest absolute Gasteiger partial charge is 0.191 e. The Morgan fingerprint density at radius 1 is 1.17 bits per heavy atom. The summed E-state index contributed by atoms with van der Waals surface area (Å²) in [6.45, 7) is 10.1. The van der Waals surface area contributed by atoms with Crippen LogP contribution in [0.2, 0.25) is 0 Å². The first kappa shape index (κ1) is 19.5. The van der Waals surface area contributed by atoms with Gasteiger partial charge in [0.1, 0.15) is 0 Å². The van der Waals surface area contributed by atoms with E-state index < -0.39 is 0 Å². The van der Waals surface area contributed by atoms with Crippen LogP contribution in [0.25, 0.3) is 0 Å². The molecule has 24 heavy (non-hydrogen) atoms. The predicted octanol–water partition coefficient (Wildman–Crippen LogP) is 1.14. The molecule has 1 heterocycles. The van der Waals surface area contributed by atoms with Crippen LogP contribution in [0.4, 0.5) is 0 Å². The molecule has 0 atom stereocenters. The first-order valence-corrected chi connectivity index (χ1v) is 9.66. The second-order valence-corrected chi connectivity index (χ2v) is 7.13. The summed E-state index contributed by atoms with van der Waals surface area (Å²) in [5.41, 5.74) is 0.278. The standard InChI is InChI=1S/C18H37N5O/c1-4-22(3)11-10-20-17(19-2)21-16-18(8-6-5-7-9-18)23-12-14-24-15-13-23/h4-16H2,1-3H3,(H2,19,20,21). The number of rotatable bonds is 7. The van der Waals surface area contributed by atoms with Gasteiger partial charge in [0.05, 0.1) is 13.2 Å². The number of guanidine groups is 1. The lowest BCUT2D eigenvalue weighted by Gasteiger charge is -2.48. The summed E-state index contributed by atoms with van der Waals surface area (Å²) in [4.78, 5) is 9.37. The van der Waals surface area contributed by atoms with Gasteiger partial charge >= 0.3 is 0 Å². The number of hydrogen-bond donors (Lipinski definition) is 2. The van der Waals surface area contributed by atoms with Gasteiger partial charge in [-0.2, -0.15) is 0 Å². The molecule has 6 nitrogen and oxygen atoms in total. The molecule has 0 aromatic heterocycles. The number of ether oxygens (including phenoxy) is 1. The average molecular weight is 340 g/mol. The Hall–Kier alpha value is -0.850. The highest BCUT2D eigenvalue weighted by Crippen LogP contribution is 2.33. The van der Waals surface area contributed by atoms with E-state index in [9.17, 15) is 0 Å². The zero-order chi connectivity index (χ0) is 17.3. The fraction of sp³-hybridized carbons (Fsp3) is 0.944. The first-order valence-electron chi connectivity index (χ1n) is 9.66. The fourth-order valence-corrected chi connectivity index (χ4v) is 3.84. The van der Waals surface area contributed by atoms with Crippen LogP contribution in [0.3, 0.4) is 0 Å². The monoisotopic (exact) mass is 339 g/mol. The fourth-order valence-electron chi connectivity index (χ4n) is 3.84. The van der Waals surface area contributed by atoms with Crippen molar-refractivity contribution in [1.82, 2.24) is 20.4 Å². The molecule has 2 rings (SSSR count). The molecule has 0 radical (unpaired) electrons. The third kappa shape index (κ3) is 5.60. The van der Waals surface area contributed by atoms with Gasteiger partial charge < -0.3 is 20.3 Å². The minimum atomic E-state index is 0.278. The van der Waals surface area contributed by atoms with Crippen LogP contribution in [-0.2, 0) is 4.74 Å². The molecule has 1 aliphatic heterocycles. The summed E-state index contributed by atoms with van der Waals surface area (Å²) in [5.74, 6) is 0.928. The van der Waals surface area contributed by atoms with Crippen molar-refractivity contribution in [2.45, 2.75) is 44.6 Å². The van der Waals surface area contributed by atoms with Gasteiger partial charge in [-0.15, -0.1) is 0 Å². The van der Waals surface area contributed by atoms with Crippen LogP contribution in [-0.4, -0.2) is 87.9 Å². The minimum Gasteiger partial charge on any atom is -0.379 e. The number of likely N-dealkylation sites (N-methyl/N-ethyl adjacent to an activating group) is 1. The third-order valence-electron chi connectivity index (χ3n) is 5.60. The number of nitrogens with one attached hydrogen (secondary N) is 2. The molecule has 1 saturated heterocycles. The van der Waals surface area contributed by atoms with E-state index in [1.54, 1.807) is 0 Å². The molecule has 0 aromatic rings. The molecule has 2 N–H and O–H groups in total. The normalized spacial score (nSPS) is 22.6. The van der Waals surface area contributed by atoms with Gasteiger partial charge in [0.2, 0.25) is 0 Å². The van der Waals surface area contributed by atoms with E-state index in [0.717, 1.165) is 58.4 Å². The summed E-state index contributed by atoms with van der Waals surface area (Å²) in [5, 5.41) is 7.06. The molecule has 140 valence electrons. The van der Waals surface area contributed by atoms with Gasteiger partial charge in [0, 0.05) is 45.3 Å². The number of hydrogen-bond acceptors (Lipinski definition) is 4. The summed E-state index contributed by atoms with van der Waals surface area (Å²) in [7, 11) is 4.01. The van der Waals surface area contributed by atoms with Gasteiger partial charge in [0.15, 0.2) is 5.96 Å². The summed E-state index contributed by atoms with van der Waals surface area (Å²) >= 11 is 0. The molecule has 1 saturated carbocycles. The highest BCUT2D eigenvalue weighted by Gasteiger charge is 2.38. The SMILES string of the molecule is CCN(C)CCNC(=NC)NCC1(N2CCOCC2)CCCCC1. The van der Waals surface area contributed by atoms with Crippen LogP contribution < -0.4 is 10.6 Å². The maximum absolute atomic E-state index is 5.57. The highest BCUT2D eigenvalue weighted by atomic mass is 16.5. The number of morpholine rings is 1. The van der Waals surface area contributed by atoms with Crippen LogP contribution in [0.5, 0.6) is 0 Å². The third-order valence-corrected chi connectivity index (χ3v) is 5.60. The average Bonchev–Trinajstić information content (AvgIpc) is 2.65. The van der Waals surface area contributed by atoms with Crippen LogP contribution in [0.1, 0.15) is 39.0 Å². The van der Waals surface area contributed by atoms with Crippen molar-refractivity contribution in [1.29, 1.82) is 0 Å². The van der Waals surface area contributed by atoms with Crippen molar-refractivity contribution in [3.63, 3.8) is 0 Å². The Labute approximate surface area is 148 Å². The van der Waals surface area contributed by atoms with Gasteiger partial charge in [-0.1, -0.05) is 26.2 Å². The van der Waals surface area contributed by atoms with Crippen molar-refractivity contribution >= 4 is 5.96 Å². The van der Waals surface area contributed by atoms with Crippen LogP contribution >= 0.6 is 0 Å². The predicted molar refractivity (Wildman–Crippen MR) is 101 cm³/mol. The van der Waals surface area contributed by atoms with Crippen LogP contribution in [0, 0.1) is 0 Å². The maximum Gasteiger partial charge on any atom is 0.191 e. The van der Waals surface area contributed by atoms with Gasteiger partial charge in [-0.05, 0) is 26.4 Å². The molecule has 2 aliphatic rings. The largest absolute Gasteiger partial charge is 0.379 e. The Kier molecular flexibility index (Phi) is 8.29. The van der Waals surface area contributed by atoms with E-state index in [4.69, 9.17) is 4.74 Å². The van der Waals surface area contributed by atoms with Gasteiger partial charge in [0.25, 0.3) is 0 Å². The van der Waals surface area contributed by atoms with Crippen molar-refractivity contribution in [2.24, 2.45) is 4.99 Å². The molecule has 0 aromatic carbocycles. The van der Waals surface area contributed by atoms with Crippen molar-refractivity contribution in [2.75, 3.05) is 66.6 Å². The number of aliphatic imine (C=N–C) groups is 1. The zero-order valence-electron chi connectivity index (χ0n) is 15.9. The van der Waals surface area contributed by atoms with Gasteiger partial charge in [-0.25, -0.2) is 0 Å². The molecule has 6 heteroatoms. The highest BCUT2D eigenvalue weighted by molar-refractivity contribution is 5.79. The summed E-state index contributed by atoms with van der Waals surface area (Å²) < 4.78 is 5.57. The maximum atomic E-state index is 5.57. The first-order chi connectivity index (χ1) is 11.7. The quantitative estimate of drug-likeness (QED) is 0.538. The Morgan fingerprint density at radius 2 is 1.88 bits per heavy atom.